The van der Waals surface area contributed by atoms with Gasteiger partial charge in [-0.25, -0.2) is 4.98 Å². The third-order valence-corrected chi connectivity index (χ3v) is 3.95. The quantitative estimate of drug-likeness (QED) is 0.926. The standard InChI is InChI=1S/C17H22N4/c1-3-10-19-16-11-18-12-17(20-16)21-13(2)8-9-14-6-4-5-7-15(14)21/h4-7,11-13H,3,8-10H2,1-2H3,(H,19,20). The third kappa shape index (κ3) is 2.84. The van der Waals surface area contributed by atoms with Crippen LogP contribution in [0.25, 0.3) is 0 Å². The predicted octanol–water partition coefficient (Wildman–Crippen LogP) is 3.77. The average molecular weight is 282 g/mol. The van der Waals surface area contributed by atoms with Gasteiger partial charge in [0.05, 0.1) is 12.4 Å². The van der Waals surface area contributed by atoms with Crippen LogP contribution in [-0.4, -0.2) is 22.6 Å². The van der Waals surface area contributed by atoms with Crippen molar-refractivity contribution in [3.63, 3.8) is 0 Å². The number of aryl methyl sites for hydroxylation is 1. The van der Waals surface area contributed by atoms with E-state index in [1.807, 2.05) is 6.20 Å². The van der Waals surface area contributed by atoms with Gasteiger partial charge in [0.25, 0.3) is 0 Å². The highest BCUT2D eigenvalue weighted by Gasteiger charge is 2.25. The molecule has 0 spiro atoms. The van der Waals surface area contributed by atoms with Crippen LogP contribution in [0.2, 0.25) is 0 Å². The lowest BCUT2D eigenvalue weighted by molar-refractivity contribution is 0.613. The van der Waals surface area contributed by atoms with E-state index in [4.69, 9.17) is 4.98 Å². The van der Waals surface area contributed by atoms with E-state index in [2.05, 4.69) is 53.3 Å². The van der Waals surface area contributed by atoms with Gasteiger partial charge in [0.1, 0.15) is 5.82 Å². The first-order valence-electron chi connectivity index (χ1n) is 7.72. The minimum absolute atomic E-state index is 0.440. The molecule has 1 aromatic carbocycles. The molecule has 21 heavy (non-hydrogen) atoms. The molecule has 1 N–H and O–H groups in total. The molecule has 1 aromatic heterocycles. The van der Waals surface area contributed by atoms with Crippen LogP contribution >= 0.6 is 0 Å². The van der Waals surface area contributed by atoms with E-state index in [1.54, 1.807) is 6.20 Å². The van der Waals surface area contributed by atoms with Gasteiger partial charge in [-0.1, -0.05) is 25.1 Å². The molecule has 1 atom stereocenters. The summed E-state index contributed by atoms with van der Waals surface area (Å²) in [6.45, 7) is 5.32. The van der Waals surface area contributed by atoms with Crippen molar-refractivity contribution >= 4 is 17.3 Å². The van der Waals surface area contributed by atoms with E-state index >= 15 is 0 Å². The second-order valence-corrected chi connectivity index (χ2v) is 5.58. The average Bonchev–Trinajstić information content (AvgIpc) is 2.53. The van der Waals surface area contributed by atoms with Crippen molar-refractivity contribution in [2.45, 2.75) is 39.2 Å². The summed E-state index contributed by atoms with van der Waals surface area (Å²) in [4.78, 5) is 11.4. The maximum atomic E-state index is 4.74. The SMILES string of the molecule is CCCNc1cncc(N2c3ccccc3CCC2C)n1. The number of hydrogen-bond donors (Lipinski definition) is 1. The highest BCUT2D eigenvalue weighted by atomic mass is 15.2. The van der Waals surface area contributed by atoms with E-state index < -0.39 is 0 Å². The topological polar surface area (TPSA) is 41.1 Å². The second-order valence-electron chi connectivity index (χ2n) is 5.58. The Morgan fingerprint density at radius 1 is 1.29 bits per heavy atom. The number of benzene rings is 1. The van der Waals surface area contributed by atoms with E-state index in [9.17, 15) is 0 Å². The van der Waals surface area contributed by atoms with Gasteiger partial charge in [-0.2, -0.15) is 0 Å². The molecule has 0 fully saturated rings. The molecule has 4 nitrogen and oxygen atoms in total. The molecule has 1 aliphatic heterocycles. The summed E-state index contributed by atoms with van der Waals surface area (Å²) in [6.07, 6.45) is 7.00. The molecular weight excluding hydrogens is 260 g/mol. The zero-order valence-electron chi connectivity index (χ0n) is 12.7. The van der Waals surface area contributed by atoms with Crippen LogP contribution < -0.4 is 10.2 Å². The Labute approximate surface area is 126 Å². The molecular formula is C17H22N4. The van der Waals surface area contributed by atoms with Crippen LogP contribution in [0, 0.1) is 0 Å². The summed E-state index contributed by atoms with van der Waals surface area (Å²) in [5, 5.41) is 3.31. The van der Waals surface area contributed by atoms with Crippen molar-refractivity contribution in [1.82, 2.24) is 9.97 Å². The first-order chi connectivity index (χ1) is 10.3. The largest absolute Gasteiger partial charge is 0.369 e. The van der Waals surface area contributed by atoms with Gasteiger partial charge in [0, 0.05) is 18.3 Å². The van der Waals surface area contributed by atoms with Crippen molar-refractivity contribution in [3.8, 4) is 0 Å². The third-order valence-electron chi connectivity index (χ3n) is 3.95. The van der Waals surface area contributed by atoms with Crippen molar-refractivity contribution in [2.75, 3.05) is 16.8 Å². The van der Waals surface area contributed by atoms with E-state index in [0.29, 0.717) is 6.04 Å². The first kappa shape index (κ1) is 13.9. The molecule has 2 heterocycles. The summed E-state index contributed by atoms with van der Waals surface area (Å²) in [6, 6.07) is 9.03. The van der Waals surface area contributed by atoms with Crippen LogP contribution in [0.15, 0.2) is 36.7 Å². The fourth-order valence-electron chi connectivity index (χ4n) is 2.85. The molecule has 0 saturated carbocycles. The van der Waals surface area contributed by atoms with E-state index in [-0.39, 0.29) is 0 Å². The van der Waals surface area contributed by atoms with E-state index in [0.717, 1.165) is 37.4 Å². The smallest absolute Gasteiger partial charge is 0.154 e. The Balaban J connectivity index is 1.95. The molecule has 0 aliphatic carbocycles. The van der Waals surface area contributed by atoms with Gasteiger partial charge in [0.15, 0.2) is 5.82 Å². The summed E-state index contributed by atoms with van der Waals surface area (Å²) < 4.78 is 0. The number of nitrogens with zero attached hydrogens (tertiary/aromatic N) is 3. The van der Waals surface area contributed by atoms with Gasteiger partial charge >= 0.3 is 0 Å². The summed E-state index contributed by atoms with van der Waals surface area (Å²) in [7, 11) is 0. The normalized spacial score (nSPS) is 17.4. The Bertz CT molecular complexity index is 611. The molecule has 0 amide bonds. The number of rotatable bonds is 4. The number of nitrogens with one attached hydrogen (secondary N) is 1. The zero-order chi connectivity index (χ0) is 14.7. The van der Waals surface area contributed by atoms with Crippen molar-refractivity contribution in [1.29, 1.82) is 0 Å². The highest BCUT2D eigenvalue weighted by molar-refractivity contribution is 5.66. The Kier molecular flexibility index (Phi) is 4.04. The fraction of sp³-hybridized carbons (Fsp3) is 0.412. The Hall–Kier alpha value is -2.10. The molecule has 110 valence electrons. The van der Waals surface area contributed by atoms with Crippen molar-refractivity contribution in [3.05, 3.63) is 42.2 Å². The molecule has 0 saturated heterocycles. The lowest BCUT2D eigenvalue weighted by Crippen LogP contribution is -2.34. The molecule has 0 radical (unpaired) electrons. The highest BCUT2D eigenvalue weighted by Crippen LogP contribution is 2.35. The lowest BCUT2D eigenvalue weighted by Gasteiger charge is -2.36. The molecule has 1 aliphatic rings. The maximum absolute atomic E-state index is 4.74. The molecule has 2 aromatic rings. The first-order valence-corrected chi connectivity index (χ1v) is 7.72. The van der Waals surface area contributed by atoms with Crippen molar-refractivity contribution in [2.24, 2.45) is 0 Å². The van der Waals surface area contributed by atoms with E-state index in [1.165, 1.54) is 11.3 Å². The van der Waals surface area contributed by atoms with Crippen LogP contribution in [0.4, 0.5) is 17.3 Å². The number of fused-ring (bicyclic) bond motifs is 1. The van der Waals surface area contributed by atoms with Crippen LogP contribution in [0.5, 0.6) is 0 Å². The summed E-state index contributed by atoms with van der Waals surface area (Å²) >= 11 is 0. The zero-order valence-corrected chi connectivity index (χ0v) is 12.7. The van der Waals surface area contributed by atoms with Crippen LogP contribution in [0.3, 0.4) is 0 Å². The minimum atomic E-state index is 0.440. The van der Waals surface area contributed by atoms with Crippen LogP contribution in [0.1, 0.15) is 32.3 Å². The van der Waals surface area contributed by atoms with Gasteiger partial charge in [0.2, 0.25) is 0 Å². The number of hydrogen-bond acceptors (Lipinski definition) is 4. The summed E-state index contributed by atoms with van der Waals surface area (Å²) in [5.41, 5.74) is 2.66. The maximum Gasteiger partial charge on any atom is 0.154 e. The number of para-hydroxylation sites is 1. The second kappa shape index (κ2) is 6.12. The number of aromatic nitrogens is 2. The molecule has 3 rings (SSSR count). The van der Waals surface area contributed by atoms with Gasteiger partial charge < -0.3 is 10.2 Å². The van der Waals surface area contributed by atoms with Gasteiger partial charge in [-0.3, -0.25) is 4.98 Å². The fourth-order valence-corrected chi connectivity index (χ4v) is 2.85. The Morgan fingerprint density at radius 3 is 3.00 bits per heavy atom. The predicted molar refractivity (Wildman–Crippen MR) is 87.2 cm³/mol. The summed E-state index contributed by atoms with van der Waals surface area (Å²) in [5.74, 6) is 1.78. The molecule has 0 bridgehead atoms. The molecule has 1 unspecified atom stereocenters. The Morgan fingerprint density at radius 2 is 2.14 bits per heavy atom. The lowest BCUT2D eigenvalue weighted by atomic mass is 9.97. The van der Waals surface area contributed by atoms with Gasteiger partial charge in [-0.05, 0) is 37.8 Å². The number of anilines is 3. The van der Waals surface area contributed by atoms with Gasteiger partial charge in [-0.15, -0.1) is 0 Å². The monoisotopic (exact) mass is 282 g/mol. The minimum Gasteiger partial charge on any atom is -0.369 e. The van der Waals surface area contributed by atoms with Crippen molar-refractivity contribution < 1.29 is 0 Å². The molecule has 4 heteroatoms. The van der Waals surface area contributed by atoms with Crippen LogP contribution in [-0.2, 0) is 6.42 Å².